The third-order valence-corrected chi connectivity index (χ3v) is 3.47. The molecule has 0 aromatic heterocycles. The van der Waals surface area contributed by atoms with E-state index in [0.717, 1.165) is 0 Å². The molecule has 2 aromatic rings. The number of anilines is 1. The van der Waals surface area contributed by atoms with E-state index in [0.29, 0.717) is 17.0 Å². The quantitative estimate of drug-likeness (QED) is 0.886. The Morgan fingerprint density at radius 2 is 1.88 bits per heavy atom. The number of methoxy groups -OCH3 is 1. The molecule has 0 spiro atoms. The van der Waals surface area contributed by atoms with E-state index in [1.54, 1.807) is 37.4 Å². The molecule has 0 radical (unpaired) electrons. The number of hydrogen-bond donors (Lipinski definition) is 1. The van der Waals surface area contributed by atoms with Crippen LogP contribution in [0.4, 0.5) is 10.1 Å². The maximum atomic E-state index is 13.3. The van der Waals surface area contributed by atoms with E-state index in [1.807, 2.05) is 0 Å². The van der Waals surface area contributed by atoms with Gasteiger partial charge in [-0.25, -0.2) is 4.39 Å². The number of benzene rings is 2. The highest BCUT2D eigenvalue weighted by molar-refractivity contribution is 5.94. The molecule has 0 atom stereocenters. The fourth-order valence-corrected chi connectivity index (χ4v) is 2.24. The highest BCUT2D eigenvalue weighted by Gasteiger charge is 2.13. The van der Waals surface area contributed by atoms with Crippen molar-refractivity contribution in [2.24, 2.45) is 0 Å². The van der Waals surface area contributed by atoms with Crippen LogP contribution in [0.2, 0.25) is 0 Å². The molecule has 2 rings (SSSR count). The monoisotopic (exact) mass is 330 g/mol. The van der Waals surface area contributed by atoms with Crippen molar-refractivity contribution in [1.82, 2.24) is 5.32 Å². The Kier molecular flexibility index (Phi) is 5.89. The predicted molar refractivity (Wildman–Crippen MR) is 89.8 cm³/mol. The summed E-state index contributed by atoms with van der Waals surface area (Å²) >= 11 is 0. The lowest BCUT2D eigenvalue weighted by Crippen LogP contribution is -2.37. The minimum atomic E-state index is -0.416. The SMILES string of the molecule is COc1ccc(C(=O)NCCN(C(C)=O)c2cccc(F)c2)cc1. The van der Waals surface area contributed by atoms with E-state index in [9.17, 15) is 14.0 Å². The Bertz CT molecular complexity index is 716. The maximum Gasteiger partial charge on any atom is 0.251 e. The van der Waals surface area contributed by atoms with E-state index >= 15 is 0 Å². The van der Waals surface area contributed by atoms with Crippen molar-refractivity contribution in [3.63, 3.8) is 0 Å². The summed E-state index contributed by atoms with van der Waals surface area (Å²) in [7, 11) is 1.55. The number of hydrogen-bond acceptors (Lipinski definition) is 3. The summed E-state index contributed by atoms with van der Waals surface area (Å²) in [6.45, 7) is 1.90. The van der Waals surface area contributed by atoms with Gasteiger partial charge in [0, 0.05) is 31.3 Å². The fourth-order valence-electron chi connectivity index (χ4n) is 2.24. The van der Waals surface area contributed by atoms with Crippen molar-refractivity contribution >= 4 is 17.5 Å². The van der Waals surface area contributed by atoms with Gasteiger partial charge < -0.3 is 15.0 Å². The Balaban J connectivity index is 1.95. The van der Waals surface area contributed by atoms with Crippen molar-refractivity contribution < 1.29 is 18.7 Å². The van der Waals surface area contributed by atoms with Crippen LogP contribution in [0.1, 0.15) is 17.3 Å². The van der Waals surface area contributed by atoms with Gasteiger partial charge in [0.2, 0.25) is 5.91 Å². The van der Waals surface area contributed by atoms with Gasteiger partial charge in [0.05, 0.1) is 7.11 Å². The number of carbonyl (C=O) groups is 2. The average molecular weight is 330 g/mol. The Hall–Kier alpha value is -2.89. The first kappa shape index (κ1) is 17.5. The molecule has 0 aliphatic heterocycles. The van der Waals surface area contributed by atoms with Crippen molar-refractivity contribution in [2.75, 3.05) is 25.1 Å². The van der Waals surface area contributed by atoms with E-state index in [1.165, 1.54) is 30.0 Å². The van der Waals surface area contributed by atoms with Gasteiger partial charge in [0.15, 0.2) is 0 Å². The Morgan fingerprint density at radius 3 is 2.46 bits per heavy atom. The lowest BCUT2D eigenvalue weighted by molar-refractivity contribution is -0.116. The molecule has 0 aliphatic carbocycles. The van der Waals surface area contributed by atoms with Crippen LogP contribution in [0.3, 0.4) is 0 Å². The molecular weight excluding hydrogens is 311 g/mol. The van der Waals surface area contributed by atoms with Gasteiger partial charge in [-0.3, -0.25) is 9.59 Å². The lowest BCUT2D eigenvalue weighted by Gasteiger charge is -2.21. The van der Waals surface area contributed by atoms with Crippen LogP contribution in [-0.2, 0) is 4.79 Å². The zero-order valence-corrected chi connectivity index (χ0v) is 13.6. The summed E-state index contributed by atoms with van der Waals surface area (Å²) in [6.07, 6.45) is 0. The molecule has 0 saturated heterocycles. The molecular formula is C18H19FN2O3. The van der Waals surface area contributed by atoms with Crippen LogP contribution in [0.5, 0.6) is 5.75 Å². The lowest BCUT2D eigenvalue weighted by atomic mass is 10.2. The maximum absolute atomic E-state index is 13.3. The van der Waals surface area contributed by atoms with Gasteiger partial charge in [-0.05, 0) is 42.5 Å². The number of amides is 2. The van der Waals surface area contributed by atoms with Gasteiger partial charge in [-0.15, -0.1) is 0 Å². The number of carbonyl (C=O) groups excluding carboxylic acids is 2. The first-order valence-electron chi connectivity index (χ1n) is 7.47. The minimum absolute atomic E-state index is 0.223. The second kappa shape index (κ2) is 8.10. The topological polar surface area (TPSA) is 58.6 Å². The van der Waals surface area contributed by atoms with Crippen molar-refractivity contribution in [3.8, 4) is 5.75 Å². The molecule has 2 amide bonds. The molecule has 2 aromatic carbocycles. The summed E-state index contributed by atoms with van der Waals surface area (Å²) in [6, 6.07) is 12.5. The second-order valence-electron chi connectivity index (χ2n) is 5.13. The van der Waals surface area contributed by atoms with E-state index in [4.69, 9.17) is 4.74 Å². The fraction of sp³-hybridized carbons (Fsp3) is 0.222. The summed E-state index contributed by atoms with van der Waals surface area (Å²) in [5, 5.41) is 2.74. The van der Waals surface area contributed by atoms with E-state index in [-0.39, 0.29) is 24.9 Å². The number of nitrogens with zero attached hydrogens (tertiary/aromatic N) is 1. The molecule has 24 heavy (non-hydrogen) atoms. The molecule has 0 unspecified atom stereocenters. The molecule has 0 aliphatic rings. The highest BCUT2D eigenvalue weighted by Crippen LogP contribution is 2.15. The van der Waals surface area contributed by atoms with Crippen molar-refractivity contribution in [2.45, 2.75) is 6.92 Å². The highest BCUT2D eigenvalue weighted by atomic mass is 19.1. The number of ether oxygens (including phenoxy) is 1. The largest absolute Gasteiger partial charge is 0.497 e. The number of halogens is 1. The number of rotatable bonds is 6. The van der Waals surface area contributed by atoms with Crippen LogP contribution in [-0.4, -0.2) is 32.0 Å². The smallest absolute Gasteiger partial charge is 0.251 e. The standard InChI is InChI=1S/C18H19FN2O3/c1-13(22)21(16-5-3-4-15(19)12-16)11-10-20-18(23)14-6-8-17(24-2)9-7-14/h3-9,12H,10-11H2,1-2H3,(H,20,23). The second-order valence-corrected chi connectivity index (χ2v) is 5.13. The average Bonchev–Trinajstić information content (AvgIpc) is 2.58. The summed E-state index contributed by atoms with van der Waals surface area (Å²) in [4.78, 5) is 25.2. The third kappa shape index (κ3) is 4.55. The molecule has 0 saturated carbocycles. The van der Waals surface area contributed by atoms with Gasteiger partial charge >= 0.3 is 0 Å². The van der Waals surface area contributed by atoms with Crippen LogP contribution in [0, 0.1) is 5.82 Å². The van der Waals surface area contributed by atoms with Crippen LogP contribution in [0.15, 0.2) is 48.5 Å². The number of nitrogens with one attached hydrogen (secondary N) is 1. The van der Waals surface area contributed by atoms with Gasteiger partial charge in [-0.2, -0.15) is 0 Å². The van der Waals surface area contributed by atoms with Crippen molar-refractivity contribution in [1.29, 1.82) is 0 Å². The molecule has 1 N–H and O–H groups in total. The third-order valence-electron chi connectivity index (χ3n) is 3.47. The molecule has 6 heteroatoms. The summed E-state index contributed by atoms with van der Waals surface area (Å²) in [5.74, 6) is -0.221. The van der Waals surface area contributed by atoms with Gasteiger partial charge in [0.25, 0.3) is 5.91 Å². The van der Waals surface area contributed by atoms with E-state index in [2.05, 4.69) is 5.32 Å². The predicted octanol–water partition coefficient (Wildman–Crippen LogP) is 2.62. The Labute approximate surface area is 140 Å². The normalized spacial score (nSPS) is 10.1. The first-order valence-corrected chi connectivity index (χ1v) is 7.47. The zero-order chi connectivity index (χ0) is 17.5. The first-order chi connectivity index (χ1) is 11.5. The molecule has 0 heterocycles. The molecule has 5 nitrogen and oxygen atoms in total. The van der Waals surface area contributed by atoms with Gasteiger partial charge in [0.1, 0.15) is 11.6 Å². The summed E-state index contributed by atoms with van der Waals surface area (Å²) in [5.41, 5.74) is 0.956. The molecule has 0 fully saturated rings. The Morgan fingerprint density at radius 1 is 1.17 bits per heavy atom. The van der Waals surface area contributed by atoms with Crippen LogP contribution < -0.4 is 15.0 Å². The van der Waals surface area contributed by atoms with Crippen LogP contribution in [0.25, 0.3) is 0 Å². The summed E-state index contributed by atoms with van der Waals surface area (Å²) < 4.78 is 18.3. The van der Waals surface area contributed by atoms with E-state index < -0.39 is 5.82 Å². The minimum Gasteiger partial charge on any atom is -0.497 e. The molecule has 0 bridgehead atoms. The van der Waals surface area contributed by atoms with Crippen molar-refractivity contribution in [3.05, 3.63) is 59.9 Å². The van der Waals surface area contributed by atoms with Crippen LogP contribution >= 0.6 is 0 Å². The van der Waals surface area contributed by atoms with Gasteiger partial charge in [-0.1, -0.05) is 6.07 Å². The zero-order valence-electron chi connectivity index (χ0n) is 13.6. The molecule has 126 valence electrons.